The number of nitriles is 1. The molecule has 0 saturated carbocycles. The molecule has 0 aliphatic carbocycles. The van der Waals surface area contributed by atoms with Crippen LogP contribution in [0.25, 0.3) is 6.08 Å². The van der Waals surface area contributed by atoms with Crippen LogP contribution >= 0.6 is 0 Å². The van der Waals surface area contributed by atoms with E-state index < -0.39 is 24.7 Å². The number of hydrogen-bond donors (Lipinski definition) is 1. The minimum atomic E-state index is -0.668. The van der Waals surface area contributed by atoms with Crippen molar-refractivity contribution in [3.05, 3.63) is 80.9 Å². The van der Waals surface area contributed by atoms with E-state index >= 15 is 0 Å². The zero-order valence-corrected chi connectivity index (χ0v) is 28.7. The van der Waals surface area contributed by atoms with Gasteiger partial charge in [0.05, 0.1) is 25.3 Å². The summed E-state index contributed by atoms with van der Waals surface area (Å²) in [4.78, 5) is 17.6. The molecule has 1 fully saturated rings. The SMILES string of the molecule is COCOc1c(OC)c(C)cc2c1[C@H]1C3Cc4c(O)c(C)c5c(c4[C@H](COC(=O)/C=C/c4cccc(CF)c4)N3[C@@H](C#N)[C@H](C2)N1C)OCO5. The van der Waals surface area contributed by atoms with Crippen molar-refractivity contribution in [2.24, 2.45) is 0 Å². The van der Waals surface area contributed by atoms with Gasteiger partial charge in [-0.2, -0.15) is 5.26 Å². The van der Waals surface area contributed by atoms with Crippen molar-refractivity contribution in [1.82, 2.24) is 9.80 Å². The van der Waals surface area contributed by atoms with Crippen LogP contribution in [0.2, 0.25) is 0 Å². The molecule has 4 aliphatic rings. The fourth-order valence-corrected chi connectivity index (χ4v) is 8.40. The standard InChI is InChI=1S/C38H40FN3O8/c1-20-11-24-13-26-28(16-40)42-27(33(41(26)3)31(24)37(35(20)46-5)48-18-45-4)14-25-32(38-36(49-19-50-38)21(2)34(25)44)29(42)17-47-30(43)10-9-22-7-6-8-23(12-22)15-39/h6-12,26-29,33,44H,13-15,17-19H2,1-5H3/b10-9+/t26-,27?,28-,29-,33+/m0/s1. The Labute approximate surface area is 290 Å². The van der Waals surface area contributed by atoms with Crippen LogP contribution in [0.5, 0.6) is 28.7 Å². The summed E-state index contributed by atoms with van der Waals surface area (Å²) in [6.07, 6.45) is 3.82. The van der Waals surface area contributed by atoms with Crippen LogP contribution in [-0.2, 0) is 33.8 Å². The van der Waals surface area contributed by atoms with E-state index in [-0.39, 0.29) is 44.1 Å². The number of piperazine rings is 1. The second kappa shape index (κ2) is 13.5. The van der Waals surface area contributed by atoms with Crippen LogP contribution in [0.15, 0.2) is 36.4 Å². The van der Waals surface area contributed by atoms with Gasteiger partial charge in [0, 0.05) is 47.5 Å². The molecule has 1 N–H and O–H groups in total. The van der Waals surface area contributed by atoms with Gasteiger partial charge in [0.25, 0.3) is 0 Å². The van der Waals surface area contributed by atoms with Gasteiger partial charge in [-0.05, 0) is 68.1 Å². The summed E-state index contributed by atoms with van der Waals surface area (Å²) in [6, 6.07) is 9.38. The number of rotatable bonds is 9. The third-order valence-corrected chi connectivity index (χ3v) is 10.5. The number of esters is 1. The molecule has 0 amide bonds. The fraction of sp³-hybridized carbons (Fsp3) is 0.421. The Morgan fingerprint density at radius 1 is 1.12 bits per heavy atom. The number of benzene rings is 3. The van der Waals surface area contributed by atoms with Crippen molar-refractivity contribution in [1.29, 1.82) is 5.26 Å². The van der Waals surface area contributed by atoms with Crippen LogP contribution in [0.4, 0.5) is 4.39 Å². The molecule has 0 spiro atoms. The van der Waals surface area contributed by atoms with Gasteiger partial charge in [0.1, 0.15) is 25.1 Å². The van der Waals surface area contributed by atoms with Gasteiger partial charge in [0.15, 0.2) is 29.8 Å². The largest absolute Gasteiger partial charge is 0.507 e. The number of phenolic OH excluding ortho intramolecular Hbond substituents is 1. The highest BCUT2D eigenvalue weighted by atomic mass is 19.1. The predicted octanol–water partition coefficient (Wildman–Crippen LogP) is 5.23. The molecule has 1 unspecified atom stereocenters. The second-order valence-corrected chi connectivity index (χ2v) is 13.1. The first-order chi connectivity index (χ1) is 24.2. The summed E-state index contributed by atoms with van der Waals surface area (Å²) in [6.45, 7) is 3.00. The Morgan fingerprint density at radius 2 is 1.92 bits per heavy atom. The number of halogens is 1. The number of nitrogens with zero attached hydrogens (tertiary/aromatic N) is 3. The highest BCUT2D eigenvalue weighted by Gasteiger charge is 2.57. The van der Waals surface area contributed by atoms with E-state index in [4.69, 9.17) is 28.4 Å². The molecule has 1 saturated heterocycles. The lowest BCUT2D eigenvalue weighted by Crippen LogP contribution is -2.68. The van der Waals surface area contributed by atoms with Gasteiger partial charge in [0.2, 0.25) is 6.79 Å². The maximum absolute atomic E-state index is 13.2. The Kier molecular flexibility index (Phi) is 9.07. The van der Waals surface area contributed by atoms with Crippen molar-refractivity contribution < 1.29 is 42.7 Å². The quantitative estimate of drug-likeness (QED) is 0.181. The molecule has 3 aromatic rings. The van der Waals surface area contributed by atoms with Crippen LogP contribution in [0.1, 0.15) is 56.6 Å². The number of likely N-dealkylation sites (N-methyl/N-ethyl adjacent to an activating group) is 1. The molecule has 5 atom stereocenters. The number of fused-ring (bicyclic) bond motifs is 9. The Morgan fingerprint density at radius 3 is 2.66 bits per heavy atom. The molecule has 50 heavy (non-hydrogen) atoms. The zero-order valence-electron chi connectivity index (χ0n) is 28.7. The normalized spacial score (nSPS) is 23.5. The minimum Gasteiger partial charge on any atom is -0.507 e. The van der Waals surface area contributed by atoms with Crippen molar-refractivity contribution in [2.75, 3.05) is 41.5 Å². The van der Waals surface area contributed by atoms with Gasteiger partial charge >= 0.3 is 5.97 Å². The smallest absolute Gasteiger partial charge is 0.330 e. The predicted molar refractivity (Wildman–Crippen MR) is 180 cm³/mol. The second-order valence-electron chi connectivity index (χ2n) is 13.1. The molecule has 3 aromatic carbocycles. The molecule has 4 heterocycles. The van der Waals surface area contributed by atoms with Crippen molar-refractivity contribution in [3.63, 3.8) is 0 Å². The monoisotopic (exact) mass is 685 g/mol. The van der Waals surface area contributed by atoms with Crippen LogP contribution in [0.3, 0.4) is 0 Å². The summed E-state index contributed by atoms with van der Waals surface area (Å²) in [5, 5.41) is 22.6. The Hall–Kier alpha value is -4.83. The Balaban J connectivity index is 1.34. The highest BCUT2D eigenvalue weighted by Crippen LogP contribution is 2.58. The lowest BCUT2D eigenvalue weighted by Gasteiger charge is -2.59. The molecule has 0 radical (unpaired) electrons. The maximum atomic E-state index is 13.2. The molecular formula is C38H40FN3O8. The first kappa shape index (κ1) is 33.7. The van der Waals surface area contributed by atoms with Crippen molar-refractivity contribution in [3.8, 4) is 34.8 Å². The molecule has 7 rings (SSSR count). The number of hydrogen-bond acceptors (Lipinski definition) is 11. The third kappa shape index (κ3) is 5.41. The van der Waals surface area contributed by atoms with Crippen molar-refractivity contribution in [2.45, 2.75) is 63.6 Å². The van der Waals surface area contributed by atoms with E-state index in [9.17, 15) is 19.6 Å². The zero-order chi connectivity index (χ0) is 35.3. The number of phenols is 1. The lowest BCUT2D eigenvalue weighted by molar-refractivity contribution is -0.143. The van der Waals surface area contributed by atoms with Gasteiger partial charge < -0.3 is 33.5 Å². The first-order valence-electron chi connectivity index (χ1n) is 16.6. The molecule has 12 heteroatoms. The van der Waals surface area contributed by atoms with Crippen LogP contribution in [-0.4, -0.2) is 80.5 Å². The number of methoxy groups -OCH3 is 2. The van der Waals surface area contributed by atoms with E-state index in [1.807, 2.05) is 14.0 Å². The van der Waals surface area contributed by atoms with Gasteiger partial charge in [-0.3, -0.25) is 9.80 Å². The van der Waals surface area contributed by atoms with Gasteiger partial charge in [-0.15, -0.1) is 0 Å². The van der Waals surface area contributed by atoms with E-state index in [0.717, 1.165) is 16.7 Å². The number of carbonyl (C=O) groups excluding carboxylic acids is 1. The summed E-state index contributed by atoms with van der Waals surface area (Å²) in [7, 11) is 5.19. The summed E-state index contributed by atoms with van der Waals surface area (Å²) in [5.74, 6) is 1.59. The minimum absolute atomic E-state index is 0.0117. The van der Waals surface area contributed by atoms with Gasteiger partial charge in [-0.25, -0.2) is 9.18 Å². The molecule has 4 aliphatic heterocycles. The summed E-state index contributed by atoms with van der Waals surface area (Å²) in [5.41, 5.74) is 5.93. The number of aromatic hydroxyl groups is 1. The lowest BCUT2D eigenvalue weighted by atomic mass is 9.71. The summed E-state index contributed by atoms with van der Waals surface area (Å²) < 4.78 is 48.4. The molecular weight excluding hydrogens is 645 g/mol. The number of ether oxygens (including phenoxy) is 6. The summed E-state index contributed by atoms with van der Waals surface area (Å²) >= 11 is 0. The van der Waals surface area contributed by atoms with Gasteiger partial charge in [-0.1, -0.05) is 24.3 Å². The Bertz CT molecular complexity index is 1910. The molecule has 2 bridgehead atoms. The molecule has 0 aromatic heterocycles. The number of alkyl halides is 1. The maximum Gasteiger partial charge on any atom is 0.330 e. The van der Waals surface area contributed by atoms with Crippen LogP contribution in [0, 0.1) is 25.2 Å². The highest BCUT2D eigenvalue weighted by molar-refractivity contribution is 5.87. The van der Waals surface area contributed by atoms with E-state index in [1.165, 1.54) is 6.08 Å². The van der Waals surface area contributed by atoms with E-state index in [0.29, 0.717) is 63.7 Å². The topological polar surface area (TPSA) is 123 Å². The van der Waals surface area contributed by atoms with Crippen LogP contribution < -0.4 is 18.9 Å². The number of aryl methyl sites for hydroxylation is 1. The third-order valence-electron chi connectivity index (χ3n) is 10.5. The molecule has 11 nitrogen and oxygen atoms in total. The van der Waals surface area contributed by atoms with E-state index in [1.54, 1.807) is 51.5 Å². The average Bonchev–Trinajstić information content (AvgIpc) is 3.61. The average molecular weight is 686 g/mol. The first-order valence-corrected chi connectivity index (χ1v) is 16.6. The van der Waals surface area contributed by atoms with Crippen molar-refractivity contribution >= 4 is 12.0 Å². The number of carbonyl (C=O) groups is 1. The fourth-order valence-electron chi connectivity index (χ4n) is 8.40. The molecule has 262 valence electrons. The van der Waals surface area contributed by atoms with E-state index in [2.05, 4.69) is 21.9 Å².